The summed E-state index contributed by atoms with van der Waals surface area (Å²) in [6, 6.07) is 0. The van der Waals surface area contributed by atoms with Gasteiger partial charge in [0.15, 0.2) is 0 Å². The fourth-order valence-electron chi connectivity index (χ4n) is 0. The van der Waals surface area contributed by atoms with Crippen LogP contribution in [0.3, 0.4) is 0 Å². The van der Waals surface area contributed by atoms with E-state index in [1.807, 2.05) is 0 Å². The van der Waals surface area contributed by atoms with Gasteiger partial charge in [-0.2, -0.15) is 0 Å². The summed E-state index contributed by atoms with van der Waals surface area (Å²) in [5, 5.41) is 0. The summed E-state index contributed by atoms with van der Waals surface area (Å²) >= 11 is 0.750. The van der Waals surface area contributed by atoms with Gasteiger partial charge in [-0.05, 0) is 0 Å². The Balaban J connectivity index is -0.000000000833. The molecule has 0 saturated heterocycles. The normalized spacial score (nSPS) is 0.500. The molecule has 0 radical (unpaired) electrons. The Morgan fingerprint density at radius 1 is 0.667 bits per heavy atom. The van der Waals surface area contributed by atoms with Crippen molar-refractivity contribution in [2.45, 2.75) is 0 Å². The van der Waals surface area contributed by atoms with Gasteiger partial charge in [-0.25, -0.2) is 0 Å². The summed E-state index contributed by atoms with van der Waals surface area (Å²) in [6.07, 6.45) is 0. The average molecular weight is 144 g/mol. The molecule has 0 aliphatic carbocycles. The van der Waals surface area contributed by atoms with Crippen LogP contribution in [0.4, 0.5) is 18.8 Å². The molecule has 0 rings (SSSR count). The van der Waals surface area contributed by atoms with Crippen LogP contribution in [0.1, 0.15) is 0 Å². The minimum absolute atomic E-state index is 0. The Kier molecular flexibility index (Phi) is 31900. The summed E-state index contributed by atoms with van der Waals surface area (Å²) in [6.45, 7) is 0. The molecule has 0 aromatic heterocycles. The van der Waals surface area contributed by atoms with Crippen LogP contribution >= 0.6 is 0 Å². The second-order valence-electron chi connectivity index (χ2n) is 0. The van der Waals surface area contributed by atoms with Crippen LogP contribution in [0.2, 0.25) is 0 Å². The van der Waals surface area contributed by atoms with Crippen LogP contribution in [0.25, 0.3) is 0 Å². The van der Waals surface area contributed by atoms with Gasteiger partial charge in [0, 0.05) is 0 Å². The molecule has 1 nitrogen and oxygen atoms in total. The quantitative estimate of drug-likeness (QED) is 0.357. The predicted octanol–water partition coefficient (Wildman–Crippen LogP) is 0.489. The van der Waals surface area contributed by atoms with E-state index >= 15 is 0 Å². The second kappa shape index (κ2) is 1710. The molecule has 0 amide bonds. The van der Waals surface area contributed by atoms with E-state index in [4.69, 9.17) is 3.32 Å². The van der Waals surface area contributed by atoms with Crippen molar-refractivity contribution in [3.8, 4) is 0 Å². The van der Waals surface area contributed by atoms with E-state index in [9.17, 15) is 0 Å². The first-order valence-electron chi connectivity index (χ1n) is 0.204. The Morgan fingerprint density at radius 2 is 0.667 bits per heavy atom. The Hall–Kier alpha value is 0.234. The maximum atomic E-state index is 8.25. The van der Waals surface area contributed by atoms with Crippen LogP contribution in [0.5, 0.6) is 0 Å². The van der Waals surface area contributed by atoms with Gasteiger partial charge in [-0.15, -0.1) is 0 Å². The molecule has 0 N–H and O–H groups in total. The molecule has 0 aliphatic heterocycles. The molecule has 0 unspecified atom stereocenters. The minimum atomic E-state index is 0. The third-order valence-corrected chi connectivity index (χ3v) is 0. The molecule has 0 saturated carbocycles. The van der Waals surface area contributed by atoms with E-state index in [-0.39, 0.29) is 18.8 Å². The summed E-state index contributed by atoms with van der Waals surface area (Å²) in [4.78, 5) is 0. The molecule has 0 atom stereocenters. The monoisotopic (exact) mass is 144 g/mol. The third kappa shape index (κ3) is 807. The topological polar surface area (TPSA) is 17.1 Å². The van der Waals surface area contributed by atoms with Crippen LogP contribution in [0.15, 0.2) is 0 Å². The standard InChI is InChI=1S/4FH.O.Ti/h4*1H;;. The Labute approximate surface area is 43.3 Å². The van der Waals surface area contributed by atoms with Gasteiger partial charge < -0.3 is 0 Å². The van der Waals surface area contributed by atoms with E-state index in [2.05, 4.69) is 0 Å². The fourth-order valence-corrected chi connectivity index (χ4v) is 0. The van der Waals surface area contributed by atoms with Gasteiger partial charge >= 0.3 is 23.7 Å². The Bertz CT molecular complexity index is 7.51. The average Bonchev–Trinajstić information content (AvgIpc) is 1.00. The molecular weight excluding hydrogens is 140 g/mol. The zero-order valence-electron chi connectivity index (χ0n) is 2.54. The van der Waals surface area contributed by atoms with Crippen molar-refractivity contribution in [2.24, 2.45) is 0 Å². The van der Waals surface area contributed by atoms with Gasteiger partial charge in [0.25, 0.3) is 0 Å². The van der Waals surface area contributed by atoms with Crippen LogP contribution < -0.4 is 0 Å². The van der Waals surface area contributed by atoms with Gasteiger partial charge in [-0.1, -0.05) is 0 Å². The first-order valence-corrected chi connectivity index (χ1v) is 0.842. The van der Waals surface area contributed by atoms with Crippen LogP contribution in [-0.4, -0.2) is 0 Å². The number of halogens is 4. The van der Waals surface area contributed by atoms with E-state index in [1.54, 1.807) is 0 Å². The Morgan fingerprint density at radius 3 is 0.667 bits per heavy atom. The molecule has 0 aromatic rings. The third-order valence-electron chi connectivity index (χ3n) is 0. The first kappa shape index (κ1) is 112. The van der Waals surface area contributed by atoms with Crippen molar-refractivity contribution in [3.05, 3.63) is 0 Å². The molecule has 0 aliphatic rings. The number of hydrogen-bond donors (Lipinski definition) is 0. The zero-order chi connectivity index (χ0) is 2.00. The van der Waals surface area contributed by atoms with Crippen LogP contribution in [-0.2, 0) is 23.7 Å². The number of hydrogen-bond acceptors (Lipinski definition) is 1. The molecule has 6 heavy (non-hydrogen) atoms. The van der Waals surface area contributed by atoms with E-state index in [0.29, 0.717) is 0 Å². The molecular formula is H4F4OTi. The summed E-state index contributed by atoms with van der Waals surface area (Å²) in [5.74, 6) is 0. The fraction of sp³-hybridized carbons (Fsp3) is 0. The molecule has 0 aromatic carbocycles. The summed E-state index contributed by atoms with van der Waals surface area (Å²) in [5.41, 5.74) is 0. The molecule has 0 heterocycles. The van der Waals surface area contributed by atoms with Crippen molar-refractivity contribution >= 4 is 0 Å². The summed E-state index contributed by atoms with van der Waals surface area (Å²) in [7, 11) is 0. The maximum absolute atomic E-state index is 8.25. The zero-order valence-corrected chi connectivity index (χ0v) is 4.10. The predicted molar refractivity (Wildman–Crippen MR) is 10.7 cm³/mol. The van der Waals surface area contributed by atoms with Crippen molar-refractivity contribution < 1.29 is 42.5 Å². The van der Waals surface area contributed by atoms with Crippen molar-refractivity contribution in [3.63, 3.8) is 0 Å². The molecule has 42 valence electrons. The van der Waals surface area contributed by atoms with Crippen molar-refractivity contribution in [1.29, 1.82) is 0 Å². The van der Waals surface area contributed by atoms with Crippen molar-refractivity contribution in [1.82, 2.24) is 0 Å². The van der Waals surface area contributed by atoms with Gasteiger partial charge in [0.05, 0.1) is 0 Å². The van der Waals surface area contributed by atoms with E-state index in [0.717, 1.165) is 20.4 Å². The van der Waals surface area contributed by atoms with Crippen LogP contribution in [0, 0.1) is 0 Å². The van der Waals surface area contributed by atoms with E-state index in [1.165, 1.54) is 0 Å². The number of rotatable bonds is 0. The molecule has 0 spiro atoms. The molecule has 0 bridgehead atoms. The SMILES string of the molecule is F.F.F.F.[O]=[Ti]. The molecule has 6 heteroatoms. The first-order chi connectivity index (χ1) is 1.00. The van der Waals surface area contributed by atoms with Crippen molar-refractivity contribution in [2.75, 3.05) is 0 Å². The van der Waals surface area contributed by atoms with Gasteiger partial charge in [0.2, 0.25) is 0 Å². The van der Waals surface area contributed by atoms with Gasteiger partial charge in [-0.3, -0.25) is 18.8 Å². The second-order valence-corrected chi connectivity index (χ2v) is 0. The van der Waals surface area contributed by atoms with E-state index < -0.39 is 0 Å². The van der Waals surface area contributed by atoms with Gasteiger partial charge in [0.1, 0.15) is 0 Å². The molecule has 0 fully saturated rings. The summed E-state index contributed by atoms with van der Waals surface area (Å²) < 4.78 is 8.25.